The summed E-state index contributed by atoms with van der Waals surface area (Å²) in [5, 5.41) is 0. The molecule has 0 aliphatic heterocycles. The lowest BCUT2D eigenvalue weighted by Crippen LogP contribution is -2.16. The minimum absolute atomic E-state index is 0.0125. The molecule has 0 amide bonds. The van der Waals surface area contributed by atoms with Crippen molar-refractivity contribution < 1.29 is 4.74 Å². The van der Waals surface area contributed by atoms with Gasteiger partial charge >= 0.3 is 0 Å². The van der Waals surface area contributed by atoms with Crippen LogP contribution in [0.4, 0.5) is 0 Å². The van der Waals surface area contributed by atoms with Crippen LogP contribution in [0.1, 0.15) is 133 Å². The maximum atomic E-state index is 5.85. The lowest BCUT2D eigenvalue weighted by atomic mass is 9.79. The minimum Gasteiger partial charge on any atom is -0.495 e. The van der Waals surface area contributed by atoms with Gasteiger partial charge in [0, 0.05) is 22.3 Å². The molecule has 218 valence electrons. The molecule has 0 heterocycles. The van der Waals surface area contributed by atoms with Gasteiger partial charge < -0.3 is 4.74 Å². The van der Waals surface area contributed by atoms with Crippen LogP contribution in [0, 0.1) is 36.0 Å². The van der Waals surface area contributed by atoms with E-state index in [0.29, 0.717) is 11.3 Å². The van der Waals surface area contributed by atoms with E-state index in [9.17, 15) is 0 Å². The highest BCUT2D eigenvalue weighted by atomic mass is 16.5. The molecule has 3 rings (SSSR count). The molecule has 0 saturated heterocycles. The smallest absolute Gasteiger partial charge is 0.135 e. The normalized spacial score (nSPS) is 12.0. The molecule has 1 heteroatoms. The maximum Gasteiger partial charge on any atom is 0.135 e. The average molecular weight is 557 g/mol. The Morgan fingerprint density at radius 2 is 0.786 bits per heavy atom. The zero-order valence-electron chi connectivity index (χ0n) is 28.1. The van der Waals surface area contributed by atoms with Crippen LogP contribution in [0.2, 0.25) is 0 Å². The van der Waals surface area contributed by atoms with E-state index >= 15 is 0 Å². The Balaban J connectivity index is 2.24. The van der Waals surface area contributed by atoms with Gasteiger partial charge in [0.1, 0.15) is 5.75 Å². The molecule has 0 bridgehead atoms. The second-order valence-corrected chi connectivity index (χ2v) is 15.3. The van der Waals surface area contributed by atoms with Crippen molar-refractivity contribution in [3.8, 4) is 41.8 Å². The third-order valence-electron chi connectivity index (χ3n) is 7.51. The Morgan fingerprint density at radius 1 is 0.452 bits per heavy atom. The standard InChI is InChI=1S/C41H48O/c1-15-30-24-31(18-16-28-20-33(38(2,3)4)26-34(21-28)39(5,6)7)32(25-37(30)42-14)19-17-29-22-35(40(8,9)10)27-36(23-29)41(11,12)13/h1,20-27H,2-14H3. The summed E-state index contributed by atoms with van der Waals surface area (Å²) in [5.74, 6) is 17.1. The first-order chi connectivity index (χ1) is 19.2. The summed E-state index contributed by atoms with van der Waals surface area (Å²) in [6.07, 6.45) is 5.85. The van der Waals surface area contributed by atoms with E-state index in [1.807, 2.05) is 12.1 Å². The van der Waals surface area contributed by atoms with E-state index in [1.165, 1.54) is 22.3 Å². The molecular weight excluding hydrogens is 508 g/mol. The Labute approximate surface area is 256 Å². The van der Waals surface area contributed by atoms with Crippen LogP contribution >= 0.6 is 0 Å². The molecule has 0 saturated carbocycles. The van der Waals surface area contributed by atoms with Crippen LogP contribution in [0.3, 0.4) is 0 Å². The fourth-order valence-corrected chi connectivity index (χ4v) is 4.48. The van der Waals surface area contributed by atoms with Crippen molar-refractivity contribution in [3.63, 3.8) is 0 Å². The summed E-state index contributed by atoms with van der Waals surface area (Å²) in [4.78, 5) is 0. The molecule has 0 N–H and O–H groups in total. The molecule has 0 spiro atoms. The van der Waals surface area contributed by atoms with Crippen molar-refractivity contribution in [1.82, 2.24) is 0 Å². The van der Waals surface area contributed by atoms with Crippen LogP contribution in [-0.4, -0.2) is 7.11 Å². The van der Waals surface area contributed by atoms with Gasteiger partial charge in [-0.2, -0.15) is 0 Å². The number of benzene rings is 3. The molecule has 0 fully saturated rings. The lowest BCUT2D eigenvalue weighted by Gasteiger charge is -2.25. The summed E-state index contributed by atoms with van der Waals surface area (Å²) in [6, 6.07) is 17.3. The Kier molecular flexibility index (Phi) is 9.17. The lowest BCUT2D eigenvalue weighted by molar-refractivity contribution is 0.413. The summed E-state index contributed by atoms with van der Waals surface area (Å²) in [5.41, 5.74) is 9.35. The van der Waals surface area contributed by atoms with Gasteiger partial charge in [-0.1, -0.05) is 125 Å². The number of ether oxygens (including phenoxy) is 1. The first-order valence-corrected chi connectivity index (χ1v) is 14.8. The first-order valence-electron chi connectivity index (χ1n) is 14.8. The SMILES string of the molecule is C#Cc1cc(C#Cc2cc(C(C)(C)C)cc(C(C)(C)C)c2)c(C#Cc2cc(C(C)(C)C)cc(C(C)(C)C)c2)cc1OC. The van der Waals surface area contributed by atoms with Crippen LogP contribution in [0.5, 0.6) is 5.75 Å². The molecule has 0 unspecified atom stereocenters. The molecule has 3 aromatic carbocycles. The Hall–Kier alpha value is -3.86. The topological polar surface area (TPSA) is 9.23 Å². The number of hydrogen-bond donors (Lipinski definition) is 0. The van der Waals surface area contributed by atoms with E-state index < -0.39 is 0 Å². The predicted molar refractivity (Wildman–Crippen MR) is 181 cm³/mol. The van der Waals surface area contributed by atoms with Gasteiger partial charge in [-0.3, -0.25) is 0 Å². The quantitative estimate of drug-likeness (QED) is 0.271. The zero-order chi connectivity index (χ0) is 31.7. The van der Waals surface area contributed by atoms with Crippen LogP contribution < -0.4 is 4.74 Å². The van der Waals surface area contributed by atoms with Crippen LogP contribution in [0.15, 0.2) is 48.5 Å². The molecule has 3 aromatic rings. The zero-order valence-corrected chi connectivity index (χ0v) is 28.1. The van der Waals surface area contributed by atoms with E-state index in [-0.39, 0.29) is 21.7 Å². The highest BCUT2D eigenvalue weighted by Gasteiger charge is 2.21. The van der Waals surface area contributed by atoms with Crippen molar-refractivity contribution in [3.05, 3.63) is 98.6 Å². The second kappa shape index (κ2) is 11.8. The molecule has 42 heavy (non-hydrogen) atoms. The predicted octanol–water partition coefficient (Wildman–Crippen LogP) is 9.67. The monoisotopic (exact) mass is 556 g/mol. The molecule has 1 nitrogen and oxygen atoms in total. The number of terminal acetylenes is 1. The summed E-state index contributed by atoms with van der Waals surface area (Å²) >= 11 is 0. The average Bonchev–Trinajstić information content (AvgIpc) is 2.88. The third-order valence-corrected chi connectivity index (χ3v) is 7.51. The van der Waals surface area contributed by atoms with Crippen LogP contribution in [0.25, 0.3) is 0 Å². The van der Waals surface area contributed by atoms with Gasteiger partial charge in [0.25, 0.3) is 0 Å². The first kappa shape index (κ1) is 32.7. The largest absolute Gasteiger partial charge is 0.495 e. The van der Waals surface area contributed by atoms with Crippen molar-refractivity contribution in [2.75, 3.05) is 7.11 Å². The summed E-state index contributed by atoms with van der Waals surface area (Å²) in [7, 11) is 1.63. The molecule has 0 aromatic heterocycles. The van der Waals surface area contributed by atoms with Gasteiger partial charge in [0.05, 0.1) is 12.7 Å². The van der Waals surface area contributed by atoms with Crippen LogP contribution in [-0.2, 0) is 21.7 Å². The van der Waals surface area contributed by atoms with Crippen molar-refractivity contribution in [1.29, 1.82) is 0 Å². The van der Waals surface area contributed by atoms with E-state index in [0.717, 1.165) is 22.3 Å². The van der Waals surface area contributed by atoms with Crippen molar-refractivity contribution >= 4 is 0 Å². The fourth-order valence-electron chi connectivity index (χ4n) is 4.48. The van der Waals surface area contributed by atoms with Gasteiger partial charge in [-0.25, -0.2) is 0 Å². The molecule has 0 atom stereocenters. The van der Waals surface area contributed by atoms with E-state index in [1.54, 1.807) is 7.11 Å². The fraction of sp³-hybridized carbons (Fsp3) is 0.415. The number of rotatable bonds is 1. The van der Waals surface area contributed by atoms with E-state index in [4.69, 9.17) is 11.2 Å². The van der Waals surface area contributed by atoms with Gasteiger partial charge in [-0.15, -0.1) is 6.42 Å². The molecule has 0 radical (unpaired) electrons. The van der Waals surface area contributed by atoms with Gasteiger partial charge in [-0.05, 0) is 80.3 Å². The highest BCUT2D eigenvalue weighted by Crippen LogP contribution is 2.32. The van der Waals surface area contributed by atoms with Crippen molar-refractivity contribution in [2.24, 2.45) is 0 Å². The summed E-state index contributed by atoms with van der Waals surface area (Å²) in [6.45, 7) is 26.9. The molecule has 0 aliphatic carbocycles. The third kappa shape index (κ3) is 8.12. The maximum absolute atomic E-state index is 5.85. The second-order valence-electron chi connectivity index (χ2n) is 15.3. The molecular formula is C41H48O. The number of methoxy groups -OCH3 is 1. The highest BCUT2D eigenvalue weighted by molar-refractivity contribution is 5.62. The van der Waals surface area contributed by atoms with Gasteiger partial charge in [0.2, 0.25) is 0 Å². The van der Waals surface area contributed by atoms with Gasteiger partial charge in [0.15, 0.2) is 0 Å². The van der Waals surface area contributed by atoms with E-state index in [2.05, 4.69) is 149 Å². The number of hydrogen-bond acceptors (Lipinski definition) is 1. The Morgan fingerprint density at radius 3 is 1.07 bits per heavy atom. The van der Waals surface area contributed by atoms with Crippen molar-refractivity contribution in [2.45, 2.75) is 105 Å². The minimum atomic E-state index is 0.0125. The molecule has 0 aliphatic rings. The Bertz CT molecular complexity index is 1570. The summed E-state index contributed by atoms with van der Waals surface area (Å²) < 4.78 is 5.62.